The highest BCUT2D eigenvalue weighted by atomic mass is 19.1. The molecule has 28 heavy (non-hydrogen) atoms. The first-order valence-electron chi connectivity index (χ1n) is 9.45. The van der Waals surface area contributed by atoms with Gasteiger partial charge in [0.1, 0.15) is 5.52 Å². The van der Waals surface area contributed by atoms with Gasteiger partial charge in [-0.3, -0.25) is 4.68 Å². The van der Waals surface area contributed by atoms with Gasteiger partial charge in [-0.1, -0.05) is 0 Å². The minimum Gasteiger partial charge on any atom is -0.367 e. The molecule has 0 saturated carbocycles. The van der Waals surface area contributed by atoms with Gasteiger partial charge in [-0.15, -0.1) is 0 Å². The molecule has 5 rings (SSSR count). The van der Waals surface area contributed by atoms with Crippen LogP contribution in [0.25, 0.3) is 33.2 Å². The summed E-state index contributed by atoms with van der Waals surface area (Å²) >= 11 is 0. The summed E-state index contributed by atoms with van der Waals surface area (Å²) in [6.45, 7) is 5.09. The molecular formula is C21H21FN6. The Kier molecular flexibility index (Phi) is 3.98. The van der Waals surface area contributed by atoms with E-state index in [4.69, 9.17) is 0 Å². The van der Waals surface area contributed by atoms with Crippen LogP contribution in [-0.4, -0.2) is 45.4 Å². The zero-order valence-corrected chi connectivity index (χ0v) is 15.9. The Bertz CT molecular complexity index is 1180. The van der Waals surface area contributed by atoms with Gasteiger partial charge < -0.3 is 10.2 Å². The molecule has 4 heterocycles. The summed E-state index contributed by atoms with van der Waals surface area (Å²) < 4.78 is 16.0. The molecule has 1 aliphatic heterocycles. The number of anilines is 1. The lowest BCUT2D eigenvalue weighted by Gasteiger charge is -2.33. The van der Waals surface area contributed by atoms with E-state index in [1.54, 1.807) is 11.7 Å². The molecule has 0 spiro atoms. The number of benzene rings is 1. The first-order valence-corrected chi connectivity index (χ1v) is 9.45. The SMILES string of the molecule is C[C@H]1CN(c2cnc3nc(-c4cc(F)c5nn(C)cc5c4)ccc3c2)CCN1. The molecule has 6 nitrogen and oxygen atoms in total. The maximum Gasteiger partial charge on any atom is 0.159 e. The second-order valence-corrected chi connectivity index (χ2v) is 7.44. The minimum absolute atomic E-state index is 0.342. The molecule has 1 N–H and O–H groups in total. The second kappa shape index (κ2) is 6.53. The number of nitrogens with zero attached hydrogens (tertiary/aromatic N) is 5. The van der Waals surface area contributed by atoms with E-state index < -0.39 is 0 Å². The van der Waals surface area contributed by atoms with Gasteiger partial charge in [0.15, 0.2) is 11.5 Å². The predicted molar refractivity (Wildman–Crippen MR) is 109 cm³/mol. The lowest BCUT2D eigenvalue weighted by Crippen LogP contribution is -2.49. The third-order valence-corrected chi connectivity index (χ3v) is 5.23. The number of piperazine rings is 1. The molecule has 142 valence electrons. The highest BCUT2D eigenvalue weighted by molar-refractivity contribution is 5.86. The Labute approximate surface area is 162 Å². The van der Waals surface area contributed by atoms with Crippen LogP contribution < -0.4 is 10.2 Å². The lowest BCUT2D eigenvalue weighted by atomic mass is 10.1. The van der Waals surface area contributed by atoms with Crippen LogP contribution in [0.15, 0.2) is 42.7 Å². The second-order valence-electron chi connectivity index (χ2n) is 7.44. The van der Waals surface area contributed by atoms with Crippen LogP contribution in [0, 0.1) is 5.82 Å². The van der Waals surface area contributed by atoms with Crippen molar-refractivity contribution in [2.45, 2.75) is 13.0 Å². The fourth-order valence-electron chi connectivity index (χ4n) is 3.86. The van der Waals surface area contributed by atoms with Crippen molar-refractivity contribution >= 4 is 27.6 Å². The van der Waals surface area contributed by atoms with Gasteiger partial charge in [-0.25, -0.2) is 14.4 Å². The monoisotopic (exact) mass is 376 g/mol. The lowest BCUT2D eigenvalue weighted by molar-refractivity contribution is 0.484. The maximum absolute atomic E-state index is 14.4. The quantitative estimate of drug-likeness (QED) is 0.583. The van der Waals surface area contributed by atoms with Crippen molar-refractivity contribution in [3.8, 4) is 11.3 Å². The van der Waals surface area contributed by atoms with Gasteiger partial charge in [0.2, 0.25) is 0 Å². The molecule has 1 aromatic carbocycles. The van der Waals surface area contributed by atoms with Gasteiger partial charge in [0.25, 0.3) is 0 Å². The Hall–Kier alpha value is -3.06. The largest absolute Gasteiger partial charge is 0.367 e. The summed E-state index contributed by atoms with van der Waals surface area (Å²) in [5, 5.41) is 9.35. The van der Waals surface area contributed by atoms with Crippen molar-refractivity contribution in [1.82, 2.24) is 25.1 Å². The third kappa shape index (κ3) is 2.97. The van der Waals surface area contributed by atoms with Crippen LogP contribution in [0.2, 0.25) is 0 Å². The zero-order valence-electron chi connectivity index (χ0n) is 15.9. The Morgan fingerprint density at radius 2 is 2.07 bits per heavy atom. The molecule has 4 aromatic rings. The summed E-state index contributed by atoms with van der Waals surface area (Å²) in [5.41, 5.74) is 3.57. The van der Waals surface area contributed by atoms with E-state index in [1.807, 2.05) is 30.6 Å². The average molecular weight is 376 g/mol. The number of aromatic nitrogens is 4. The average Bonchev–Trinajstić information content (AvgIpc) is 3.08. The van der Waals surface area contributed by atoms with Crippen LogP contribution >= 0.6 is 0 Å². The maximum atomic E-state index is 14.4. The van der Waals surface area contributed by atoms with E-state index in [0.717, 1.165) is 41.7 Å². The Morgan fingerprint density at radius 3 is 2.93 bits per heavy atom. The molecule has 0 unspecified atom stereocenters. The van der Waals surface area contributed by atoms with E-state index in [-0.39, 0.29) is 5.82 Å². The summed E-state index contributed by atoms with van der Waals surface area (Å²) in [6, 6.07) is 9.91. The molecular weight excluding hydrogens is 355 g/mol. The number of nitrogens with one attached hydrogen (secondary N) is 1. The van der Waals surface area contributed by atoms with Gasteiger partial charge in [0.05, 0.1) is 17.6 Å². The molecule has 7 heteroatoms. The summed E-state index contributed by atoms with van der Waals surface area (Å²) in [5.74, 6) is -0.342. The molecule has 0 aliphatic carbocycles. The summed E-state index contributed by atoms with van der Waals surface area (Å²) in [6.07, 6.45) is 3.68. The minimum atomic E-state index is -0.342. The zero-order chi connectivity index (χ0) is 19.3. The number of halogens is 1. The number of hydrogen-bond acceptors (Lipinski definition) is 5. The van der Waals surface area contributed by atoms with E-state index >= 15 is 0 Å². The number of pyridine rings is 2. The van der Waals surface area contributed by atoms with Crippen molar-refractivity contribution < 1.29 is 4.39 Å². The molecule has 3 aromatic heterocycles. The van der Waals surface area contributed by atoms with Gasteiger partial charge in [0, 0.05) is 55.3 Å². The van der Waals surface area contributed by atoms with Gasteiger partial charge in [-0.2, -0.15) is 5.10 Å². The molecule has 1 atom stereocenters. The van der Waals surface area contributed by atoms with Crippen LogP contribution in [0.4, 0.5) is 10.1 Å². The number of aryl methyl sites for hydroxylation is 1. The standard InChI is InChI=1S/C21H21FN6/c1-13-11-28(6-5-23-13)17-8-14-3-4-19(25-21(14)24-10-17)15-7-16-12-27(2)26-20(16)18(22)9-15/h3-4,7-10,12-13,23H,5-6,11H2,1-2H3/t13-/m0/s1. The van der Waals surface area contributed by atoms with Crippen LogP contribution in [0.5, 0.6) is 0 Å². The first kappa shape index (κ1) is 17.1. The molecule has 0 radical (unpaired) electrons. The molecule has 1 fully saturated rings. The van der Waals surface area contributed by atoms with E-state index in [9.17, 15) is 4.39 Å². The first-order chi connectivity index (χ1) is 13.6. The van der Waals surface area contributed by atoms with Crippen LogP contribution in [0.3, 0.4) is 0 Å². The van der Waals surface area contributed by atoms with Crippen LogP contribution in [-0.2, 0) is 7.05 Å². The molecule has 1 aliphatic rings. The fourth-order valence-corrected chi connectivity index (χ4v) is 3.86. The number of rotatable bonds is 2. The van der Waals surface area contributed by atoms with E-state index in [0.29, 0.717) is 22.9 Å². The summed E-state index contributed by atoms with van der Waals surface area (Å²) in [4.78, 5) is 11.6. The van der Waals surface area contributed by atoms with Crippen molar-refractivity contribution in [3.63, 3.8) is 0 Å². The normalized spacial score (nSPS) is 17.5. The molecule has 0 amide bonds. The van der Waals surface area contributed by atoms with E-state index in [2.05, 4.69) is 38.3 Å². The topological polar surface area (TPSA) is 58.9 Å². The smallest absolute Gasteiger partial charge is 0.159 e. The van der Waals surface area contributed by atoms with Crippen molar-refractivity contribution in [1.29, 1.82) is 0 Å². The van der Waals surface area contributed by atoms with E-state index in [1.165, 1.54) is 6.07 Å². The number of fused-ring (bicyclic) bond motifs is 2. The highest BCUT2D eigenvalue weighted by Crippen LogP contribution is 2.27. The van der Waals surface area contributed by atoms with Gasteiger partial charge >= 0.3 is 0 Å². The molecule has 1 saturated heterocycles. The van der Waals surface area contributed by atoms with Crippen molar-refractivity contribution in [2.75, 3.05) is 24.5 Å². The third-order valence-electron chi connectivity index (χ3n) is 5.23. The molecule has 0 bridgehead atoms. The Morgan fingerprint density at radius 1 is 1.18 bits per heavy atom. The fraction of sp³-hybridized carbons (Fsp3) is 0.286. The van der Waals surface area contributed by atoms with Gasteiger partial charge in [-0.05, 0) is 37.3 Å². The Balaban J connectivity index is 1.52. The van der Waals surface area contributed by atoms with Crippen LogP contribution in [0.1, 0.15) is 6.92 Å². The highest BCUT2D eigenvalue weighted by Gasteiger charge is 2.17. The van der Waals surface area contributed by atoms with Crippen molar-refractivity contribution in [2.24, 2.45) is 7.05 Å². The number of hydrogen-bond donors (Lipinski definition) is 1. The predicted octanol–water partition coefficient (Wildman–Crippen LogP) is 3.12. The van der Waals surface area contributed by atoms with Crippen molar-refractivity contribution in [3.05, 3.63) is 48.5 Å². The summed E-state index contributed by atoms with van der Waals surface area (Å²) in [7, 11) is 1.79.